The standard InChI is InChI=1S/C28H38N2O6/c1-18(2)23(29-26(34)36-27(3,4)5)24(31)30(6)28(25(32)33)16-14-20(15-17-28)35-22-13-9-11-19-10-7-8-12-21(19)22/h7-13,18,20,23H,14-17H2,1-6H3,(H,29,34)(H,32,33)/t20?,23-,28?/m0/s1. The number of carboxylic acids is 1. The summed E-state index contributed by atoms with van der Waals surface area (Å²) in [7, 11) is 1.51. The molecule has 1 fully saturated rings. The molecule has 2 amide bonds. The summed E-state index contributed by atoms with van der Waals surface area (Å²) in [5.41, 5.74) is -2.09. The van der Waals surface area contributed by atoms with Gasteiger partial charge >= 0.3 is 12.1 Å². The Morgan fingerprint density at radius 1 is 1.06 bits per heavy atom. The Morgan fingerprint density at radius 3 is 2.25 bits per heavy atom. The number of hydrogen-bond acceptors (Lipinski definition) is 5. The zero-order valence-corrected chi connectivity index (χ0v) is 22.0. The number of benzene rings is 2. The fourth-order valence-corrected chi connectivity index (χ4v) is 4.73. The van der Waals surface area contributed by atoms with Crippen LogP contribution < -0.4 is 10.1 Å². The van der Waals surface area contributed by atoms with E-state index >= 15 is 0 Å². The Balaban J connectivity index is 1.73. The molecule has 0 radical (unpaired) electrons. The monoisotopic (exact) mass is 498 g/mol. The number of aliphatic carboxylic acids is 1. The second kappa shape index (κ2) is 10.8. The van der Waals surface area contributed by atoms with E-state index in [4.69, 9.17) is 9.47 Å². The van der Waals surface area contributed by atoms with E-state index in [1.54, 1.807) is 34.6 Å². The van der Waals surface area contributed by atoms with Crippen LogP contribution in [0.5, 0.6) is 5.75 Å². The van der Waals surface area contributed by atoms with Gasteiger partial charge in [-0.2, -0.15) is 0 Å². The Hall–Kier alpha value is -3.29. The van der Waals surface area contributed by atoms with Gasteiger partial charge in [-0.25, -0.2) is 9.59 Å². The van der Waals surface area contributed by atoms with E-state index in [0.717, 1.165) is 16.5 Å². The van der Waals surface area contributed by atoms with E-state index in [9.17, 15) is 19.5 Å². The molecular weight excluding hydrogens is 460 g/mol. The van der Waals surface area contributed by atoms with Crippen LogP contribution in [0.15, 0.2) is 42.5 Å². The normalized spacial score (nSPS) is 21.0. The molecule has 36 heavy (non-hydrogen) atoms. The van der Waals surface area contributed by atoms with Crippen molar-refractivity contribution in [2.45, 2.75) is 83.6 Å². The smallest absolute Gasteiger partial charge is 0.408 e. The average Bonchev–Trinajstić information content (AvgIpc) is 2.81. The van der Waals surface area contributed by atoms with Crippen LogP contribution in [-0.2, 0) is 14.3 Å². The van der Waals surface area contributed by atoms with Crippen molar-refractivity contribution in [1.82, 2.24) is 10.2 Å². The molecule has 0 aromatic heterocycles. The van der Waals surface area contributed by atoms with Crippen molar-refractivity contribution in [3.8, 4) is 5.75 Å². The van der Waals surface area contributed by atoms with Crippen molar-refractivity contribution in [2.24, 2.45) is 5.92 Å². The minimum atomic E-state index is -1.38. The molecule has 8 nitrogen and oxygen atoms in total. The first-order chi connectivity index (χ1) is 16.8. The molecule has 0 saturated heterocycles. The number of likely N-dealkylation sites (N-methyl/N-ethyl adjacent to an activating group) is 1. The maximum absolute atomic E-state index is 13.5. The number of ether oxygens (including phenoxy) is 2. The molecule has 1 saturated carbocycles. The van der Waals surface area contributed by atoms with Crippen LogP contribution in [0.1, 0.15) is 60.3 Å². The third-order valence-electron chi connectivity index (χ3n) is 6.78. The fraction of sp³-hybridized carbons (Fsp3) is 0.536. The van der Waals surface area contributed by atoms with Gasteiger partial charge in [-0.15, -0.1) is 0 Å². The predicted molar refractivity (Wildman–Crippen MR) is 138 cm³/mol. The number of nitrogens with zero attached hydrogens (tertiary/aromatic N) is 1. The van der Waals surface area contributed by atoms with Gasteiger partial charge in [-0.1, -0.05) is 50.2 Å². The van der Waals surface area contributed by atoms with E-state index in [2.05, 4.69) is 5.32 Å². The maximum atomic E-state index is 13.5. The number of hydrogen-bond donors (Lipinski definition) is 2. The number of carbonyl (C=O) groups excluding carboxylic acids is 2. The SMILES string of the molecule is CC(C)[C@H](NC(=O)OC(C)(C)C)C(=O)N(C)C1(C(=O)O)CCC(Oc2cccc3ccccc23)CC1. The summed E-state index contributed by atoms with van der Waals surface area (Å²) >= 11 is 0. The molecule has 2 N–H and O–H groups in total. The Morgan fingerprint density at radius 2 is 1.67 bits per heavy atom. The summed E-state index contributed by atoms with van der Waals surface area (Å²) < 4.78 is 11.6. The summed E-state index contributed by atoms with van der Waals surface area (Å²) in [6.07, 6.45) is 0.596. The van der Waals surface area contributed by atoms with Crippen molar-refractivity contribution >= 4 is 28.7 Å². The van der Waals surface area contributed by atoms with E-state index in [-0.39, 0.29) is 24.9 Å². The van der Waals surface area contributed by atoms with Gasteiger partial charge in [-0.05, 0) is 63.8 Å². The second-order valence-corrected chi connectivity index (χ2v) is 10.9. The van der Waals surface area contributed by atoms with Crippen molar-refractivity contribution in [3.05, 3.63) is 42.5 Å². The topological polar surface area (TPSA) is 105 Å². The van der Waals surface area contributed by atoms with Gasteiger partial charge in [0, 0.05) is 12.4 Å². The molecule has 1 aliphatic rings. The molecule has 0 heterocycles. The minimum Gasteiger partial charge on any atom is -0.490 e. The van der Waals surface area contributed by atoms with E-state index in [0.29, 0.717) is 12.8 Å². The zero-order chi connectivity index (χ0) is 26.7. The highest BCUT2D eigenvalue weighted by atomic mass is 16.6. The predicted octanol–water partition coefficient (Wildman–Crippen LogP) is 4.99. The van der Waals surface area contributed by atoms with E-state index in [1.807, 2.05) is 42.5 Å². The number of amides is 2. The summed E-state index contributed by atoms with van der Waals surface area (Å²) in [4.78, 5) is 39.7. The van der Waals surface area contributed by atoms with Crippen LogP contribution in [0.2, 0.25) is 0 Å². The third kappa shape index (κ3) is 6.09. The largest absolute Gasteiger partial charge is 0.490 e. The molecular formula is C28H38N2O6. The molecule has 2 aromatic rings. The summed E-state index contributed by atoms with van der Waals surface area (Å²) in [5, 5.41) is 15.0. The van der Waals surface area contributed by atoms with Crippen molar-refractivity contribution in [1.29, 1.82) is 0 Å². The number of alkyl carbamates (subject to hydrolysis) is 1. The lowest BCUT2D eigenvalue weighted by Gasteiger charge is -2.44. The lowest BCUT2D eigenvalue weighted by atomic mass is 9.78. The maximum Gasteiger partial charge on any atom is 0.408 e. The van der Waals surface area contributed by atoms with Crippen molar-refractivity contribution in [2.75, 3.05) is 7.05 Å². The molecule has 0 aliphatic heterocycles. The number of rotatable bonds is 7. The van der Waals surface area contributed by atoms with Gasteiger partial charge in [0.25, 0.3) is 0 Å². The van der Waals surface area contributed by atoms with Crippen LogP contribution in [0, 0.1) is 5.92 Å². The average molecular weight is 499 g/mol. The summed E-state index contributed by atoms with van der Waals surface area (Å²) in [5.74, 6) is -0.996. The highest BCUT2D eigenvalue weighted by Gasteiger charge is 2.49. The molecule has 0 unspecified atom stereocenters. The molecule has 2 aromatic carbocycles. The molecule has 0 bridgehead atoms. The number of fused-ring (bicyclic) bond motifs is 1. The molecule has 8 heteroatoms. The molecule has 1 atom stereocenters. The highest BCUT2D eigenvalue weighted by Crippen LogP contribution is 2.37. The quantitative estimate of drug-likeness (QED) is 0.557. The van der Waals surface area contributed by atoms with Crippen LogP contribution in [0.4, 0.5) is 4.79 Å². The zero-order valence-electron chi connectivity index (χ0n) is 22.0. The van der Waals surface area contributed by atoms with Crippen LogP contribution in [0.25, 0.3) is 10.8 Å². The Bertz CT molecular complexity index is 1090. The van der Waals surface area contributed by atoms with E-state index in [1.165, 1.54) is 11.9 Å². The van der Waals surface area contributed by atoms with Crippen LogP contribution >= 0.6 is 0 Å². The van der Waals surface area contributed by atoms with Gasteiger partial charge in [0.15, 0.2) is 0 Å². The highest BCUT2D eigenvalue weighted by molar-refractivity contribution is 5.91. The van der Waals surface area contributed by atoms with Crippen molar-refractivity contribution in [3.63, 3.8) is 0 Å². The second-order valence-electron chi connectivity index (χ2n) is 10.9. The molecule has 196 valence electrons. The van der Waals surface area contributed by atoms with Gasteiger partial charge in [0.2, 0.25) is 5.91 Å². The van der Waals surface area contributed by atoms with Crippen LogP contribution in [0.3, 0.4) is 0 Å². The third-order valence-corrected chi connectivity index (χ3v) is 6.78. The van der Waals surface area contributed by atoms with Crippen LogP contribution in [-0.4, -0.2) is 58.3 Å². The molecule has 1 aliphatic carbocycles. The number of nitrogens with one attached hydrogen (secondary N) is 1. The first-order valence-electron chi connectivity index (χ1n) is 12.5. The summed E-state index contributed by atoms with van der Waals surface area (Å²) in [6.45, 7) is 8.82. The molecule has 0 spiro atoms. The first-order valence-corrected chi connectivity index (χ1v) is 12.5. The van der Waals surface area contributed by atoms with Crippen molar-refractivity contribution < 1.29 is 29.0 Å². The lowest BCUT2D eigenvalue weighted by molar-refractivity contribution is -0.162. The Kier molecular flexibility index (Phi) is 8.16. The van der Waals surface area contributed by atoms with E-state index < -0.39 is 35.2 Å². The first kappa shape index (κ1) is 27.3. The van der Waals surface area contributed by atoms with Gasteiger partial charge in [-0.3, -0.25) is 4.79 Å². The fourth-order valence-electron chi connectivity index (χ4n) is 4.73. The minimum absolute atomic E-state index is 0.160. The summed E-state index contributed by atoms with van der Waals surface area (Å²) in [6, 6.07) is 12.9. The number of carboxylic acid groups (broad SMARTS) is 1. The molecule has 3 rings (SSSR count). The number of carbonyl (C=O) groups is 3. The van der Waals surface area contributed by atoms with Gasteiger partial charge < -0.3 is 24.8 Å². The Labute approximate surface area is 212 Å². The van der Waals surface area contributed by atoms with Gasteiger partial charge in [0.1, 0.15) is 22.9 Å². The lowest BCUT2D eigenvalue weighted by Crippen LogP contribution is -2.62. The van der Waals surface area contributed by atoms with Gasteiger partial charge in [0.05, 0.1) is 6.10 Å².